The number of rotatable bonds is 7. The van der Waals surface area contributed by atoms with E-state index in [1.807, 2.05) is 0 Å². The van der Waals surface area contributed by atoms with Gasteiger partial charge in [0.05, 0.1) is 19.9 Å². The van der Waals surface area contributed by atoms with Crippen LogP contribution in [0.25, 0.3) is 0 Å². The number of tetrazole rings is 1. The fraction of sp³-hybridized carbons (Fsp3) is 0.308. The quantitative estimate of drug-likeness (QED) is 0.561. The molecule has 122 valence electrons. The first-order chi connectivity index (χ1) is 11.1. The van der Waals surface area contributed by atoms with E-state index in [1.165, 1.54) is 13.3 Å². The van der Waals surface area contributed by atoms with Crippen molar-refractivity contribution in [1.29, 1.82) is 0 Å². The monoisotopic (exact) mass is 320 g/mol. The lowest BCUT2D eigenvalue weighted by atomic mass is 10.2. The van der Waals surface area contributed by atoms with Gasteiger partial charge >= 0.3 is 5.97 Å². The first kappa shape index (κ1) is 16.2. The Morgan fingerprint density at radius 2 is 2.26 bits per heavy atom. The second kappa shape index (κ2) is 7.73. The average molecular weight is 320 g/mol. The predicted octanol–water partition coefficient (Wildman–Crippen LogP) is 0.0880. The van der Waals surface area contributed by atoms with Crippen molar-refractivity contribution >= 4 is 18.1 Å². The van der Waals surface area contributed by atoms with Crippen LogP contribution in [0.2, 0.25) is 0 Å². The van der Waals surface area contributed by atoms with Gasteiger partial charge in [0.2, 0.25) is 0 Å². The van der Waals surface area contributed by atoms with Crippen molar-refractivity contribution in [2.75, 3.05) is 26.1 Å². The van der Waals surface area contributed by atoms with Crippen LogP contribution in [0.15, 0.2) is 23.3 Å². The number of ether oxygens (including phenoxy) is 3. The zero-order chi connectivity index (χ0) is 16.7. The summed E-state index contributed by atoms with van der Waals surface area (Å²) >= 11 is 0. The van der Waals surface area contributed by atoms with Crippen LogP contribution in [0.4, 0.5) is 5.95 Å². The Balaban J connectivity index is 2.08. The van der Waals surface area contributed by atoms with Crippen LogP contribution >= 0.6 is 0 Å². The van der Waals surface area contributed by atoms with Gasteiger partial charge in [0.15, 0.2) is 18.1 Å². The van der Waals surface area contributed by atoms with Crippen molar-refractivity contribution < 1.29 is 19.0 Å². The number of benzene rings is 1. The number of methoxy groups -OCH3 is 1. The number of carbonyl (C=O) groups excluding carboxylic acids is 1. The third kappa shape index (κ3) is 4.40. The molecule has 10 heteroatoms. The number of anilines is 1. The molecule has 0 aliphatic heterocycles. The van der Waals surface area contributed by atoms with Crippen LogP contribution in [-0.4, -0.2) is 52.8 Å². The smallest absolute Gasteiger partial charge is 0.344 e. The summed E-state index contributed by atoms with van der Waals surface area (Å²) in [5.41, 5.74) is 6.21. The van der Waals surface area contributed by atoms with Crippen molar-refractivity contribution in [1.82, 2.24) is 20.3 Å². The first-order valence-electron chi connectivity index (χ1n) is 6.68. The van der Waals surface area contributed by atoms with Gasteiger partial charge < -0.3 is 19.9 Å². The molecule has 0 unspecified atom stereocenters. The topological polar surface area (TPSA) is 127 Å². The highest BCUT2D eigenvalue weighted by Crippen LogP contribution is 2.27. The van der Waals surface area contributed by atoms with Crippen molar-refractivity contribution in [3.8, 4) is 11.5 Å². The van der Waals surface area contributed by atoms with E-state index >= 15 is 0 Å². The molecule has 2 N–H and O–H groups in total. The zero-order valence-electron chi connectivity index (χ0n) is 12.7. The van der Waals surface area contributed by atoms with Crippen LogP contribution in [0.5, 0.6) is 11.5 Å². The lowest BCUT2D eigenvalue weighted by Crippen LogP contribution is -2.14. The molecular weight excluding hydrogens is 304 g/mol. The minimum Gasteiger partial charge on any atom is -0.493 e. The van der Waals surface area contributed by atoms with Crippen LogP contribution in [-0.2, 0) is 9.53 Å². The molecule has 2 rings (SSSR count). The molecule has 2 aromatic rings. The highest BCUT2D eigenvalue weighted by molar-refractivity contribution is 5.81. The van der Waals surface area contributed by atoms with Gasteiger partial charge in [-0.05, 0) is 41.1 Å². The first-order valence-corrected chi connectivity index (χ1v) is 6.68. The van der Waals surface area contributed by atoms with Gasteiger partial charge in [0.1, 0.15) is 0 Å². The lowest BCUT2D eigenvalue weighted by molar-refractivity contribution is -0.145. The van der Waals surface area contributed by atoms with E-state index in [1.54, 1.807) is 25.1 Å². The molecule has 0 spiro atoms. The van der Waals surface area contributed by atoms with Crippen LogP contribution in [0.1, 0.15) is 12.5 Å². The summed E-state index contributed by atoms with van der Waals surface area (Å²) in [7, 11) is 1.49. The normalized spacial score (nSPS) is 10.7. The molecule has 0 saturated heterocycles. The van der Waals surface area contributed by atoms with Gasteiger partial charge in [-0.1, -0.05) is 9.89 Å². The second-order valence-electron chi connectivity index (χ2n) is 4.18. The Morgan fingerprint density at radius 3 is 2.91 bits per heavy atom. The average Bonchev–Trinajstić information content (AvgIpc) is 2.96. The maximum absolute atomic E-state index is 11.3. The van der Waals surface area contributed by atoms with Crippen LogP contribution in [0.3, 0.4) is 0 Å². The van der Waals surface area contributed by atoms with Gasteiger partial charge in [-0.15, -0.1) is 0 Å². The number of nitrogen functional groups attached to an aromatic ring is 1. The highest BCUT2D eigenvalue weighted by Gasteiger charge is 2.09. The minimum absolute atomic E-state index is 0.0719. The fourth-order valence-electron chi connectivity index (χ4n) is 1.62. The summed E-state index contributed by atoms with van der Waals surface area (Å²) in [6.07, 6.45) is 1.50. The van der Waals surface area contributed by atoms with E-state index in [0.29, 0.717) is 23.7 Å². The summed E-state index contributed by atoms with van der Waals surface area (Å²) in [5, 5.41) is 14.5. The van der Waals surface area contributed by atoms with Gasteiger partial charge in [-0.2, -0.15) is 5.10 Å². The molecule has 1 heterocycles. The fourth-order valence-corrected chi connectivity index (χ4v) is 1.62. The molecular formula is C13H16N6O4. The van der Waals surface area contributed by atoms with Gasteiger partial charge in [-0.3, -0.25) is 0 Å². The van der Waals surface area contributed by atoms with Gasteiger partial charge in [-0.25, -0.2) is 4.79 Å². The SMILES string of the molecule is CCOC(=O)COc1ccc(/C=N\n2nnnc2N)cc1OC. The summed E-state index contributed by atoms with van der Waals surface area (Å²) < 4.78 is 15.4. The Labute approximate surface area is 131 Å². The third-order valence-corrected chi connectivity index (χ3v) is 2.63. The number of hydrogen-bond donors (Lipinski definition) is 1. The summed E-state index contributed by atoms with van der Waals surface area (Å²) in [6, 6.07) is 5.07. The number of carbonyl (C=O) groups is 1. The van der Waals surface area contributed by atoms with E-state index in [9.17, 15) is 4.79 Å². The molecule has 23 heavy (non-hydrogen) atoms. The van der Waals surface area contributed by atoms with Crippen LogP contribution in [0, 0.1) is 0 Å². The number of esters is 1. The Hall–Kier alpha value is -3.17. The van der Waals surface area contributed by atoms with Crippen molar-refractivity contribution in [2.45, 2.75) is 6.92 Å². The van der Waals surface area contributed by atoms with Crippen molar-refractivity contribution in [3.05, 3.63) is 23.8 Å². The molecule has 0 radical (unpaired) electrons. The molecule has 0 bridgehead atoms. The Morgan fingerprint density at radius 1 is 1.43 bits per heavy atom. The number of nitrogens with zero attached hydrogens (tertiary/aromatic N) is 5. The Kier molecular flexibility index (Phi) is 5.45. The van der Waals surface area contributed by atoms with E-state index in [0.717, 1.165) is 4.79 Å². The molecule has 1 aromatic heterocycles. The largest absolute Gasteiger partial charge is 0.493 e. The summed E-state index contributed by atoms with van der Waals surface area (Å²) in [6.45, 7) is 1.83. The van der Waals surface area contributed by atoms with Gasteiger partial charge in [0, 0.05) is 0 Å². The zero-order valence-corrected chi connectivity index (χ0v) is 12.7. The molecule has 0 atom stereocenters. The highest BCUT2D eigenvalue weighted by atomic mass is 16.6. The number of nitrogens with two attached hydrogens (primary N) is 1. The third-order valence-electron chi connectivity index (χ3n) is 2.63. The maximum atomic E-state index is 11.3. The summed E-state index contributed by atoms with van der Waals surface area (Å²) in [5.74, 6) is 0.486. The number of hydrogen-bond acceptors (Lipinski definition) is 9. The molecule has 10 nitrogen and oxygen atoms in total. The molecule has 0 aliphatic carbocycles. The molecule has 1 aromatic carbocycles. The van der Waals surface area contributed by atoms with E-state index in [-0.39, 0.29) is 12.6 Å². The molecule has 0 saturated carbocycles. The number of aromatic nitrogens is 4. The Bertz CT molecular complexity index is 700. The van der Waals surface area contributed by atoms with E-state index in [4.69, 9.17) is 19.9 Å². The van der Waals surface area contributed by atoms with Crippen LogP contribution < -0.4 is 15.2 Å². The van der Waals surface area contributed by atoms with E-state index in [2.05, 4.69) is 20.6 Å². The van der Waals surface area contributed by atoms with Crippen molar-refractivity contribution in [3.63, 3.8) is 0 Å². The lowest BCUT2D eigenvalue weighted by Gasteiger charge is -2.10. The minimum atomic E-state index is -0.450. The summed E-state index contributed by atoms with van der Waals surface area (Å²) in [4.78, 5) is 12.4. The van der Waals surface area contributed by atoms with E-state index < -0.39 is 5.97 Å². The molecule has 0 aliphatic rings. The van der Waals surface area contributed by atoms with Crippen molar-refractivity contribution in [2.24, 2.45) is 5.10 Å². The predicted molar refractivity (Wildman–Crippen MR) is 80.3 cm³/mol. The standard InChI is InChI=1S/C13H16N6O4/c1-3-22-12(20)8-23-10-5-4-9(6-11(10)21-2)7-15-19-13(14)16-17-18-19/h4-7H,3,8H2,1-2H3,(H2,14,16,18)/b15-7-. The molecule has 0 amide bonds. The second-order valence-corrected chi connectivity index (χ2v) is 4.18. The maximum Gasteiger partial charge on any atom is 0.344 e. The van der Waals surface area contributed by atoms with Gasteiger partial charge in [0.25, 0.3) is 5.95 Å². The molecule has 0 fully saturated rings.